The molecule has 0 amide bonds. The molecule has 0 radical (unpaired) electrons. The fraction of sp³-hybridized carbons (Fsp3) is 0. The van der Waals surface area contributed by atoms with E-state index in [9.17, 15) is 0 Å². The van der Waals surface area contributed by atoms with Crippen molar-refractivity contribution in [1.29, 1.82) is 0 Å². The zero-order valence-corrected chi connectivity index (χ0v) is 9.16. The lowest BCUT2D eigenvalue weighted by molar-refractivity contribution is 0.941. The molecule has 3 aromatic rings. The predicted molar refractivity (Wildman–Crippen MR) is 61.3 cm³/mol. The molecule has 0 aliphatic carbocycles. The lowest BCUT2D eigenvalue weighted by Gasteiger charge is -1.97. The summed E-state index contributed by atoms with van der Waals surface area (Å²) in [6.07, 6.45) is 3.62. The van der Waals surface area contributed by atoms with E-state index < -0.39 is 0 Å². The molecule has 0 atom stereocenters. The highest BCUT2D eigenvalue weighted by molar-refractivity contribution is 7.14. The van der Waals surface area contributed by atoms with Crippen LogP contribution in [-0.4, -0.2) is 14.6 Å². The van der Waals surface area contributed by atoms with Crippen LogP contribution in [0.5, 0.6) is 0 Å². The number of hydrogen-bond acceptors (Lipinski definition) is 3. The molecular formula is C10H6ClN3S. The average Bonchev–Trinajstić information content (AvgIpc) is 2.84. The van der Waals surface area contributed by atoms with Gasteiger partial charge in [-0.2, -0.15) is 5.10 Å². The van der Waals surface area contributed by atoms with E-state index in [0.717, 1.165) is 21.2 Å². The molecule has 3 nitrogen and oxygen atoms in total. The molecule has 0 fully saturated rings. The summed E-state index contributed by atoms with van der Waals surface area (Å²) in [5.74, 6) is 0. The lowest BCUT2D eigenvalue weighted by Crippen LogP contribution is -1.90. The fourth-order valence-electron chi connectivity index (χ4n) is 1.42. The van der Waals surface area contributed by atoms with Gasteiger partial charge in [0, 0.05) is 23.2 Å². The molecule has 0 bridgehead atoms. The van der Waals surface area contributed by atoms with Crippen molar-refractivity contribution in [1.82, 2.24) is 14.6 Å². The van der Waals surface area contributed by atoms with E-state index in [1.54, 1.807) is 10.7 Å². The van der Waals surface area contributed by atoms with Crippen LogP contribution in [0.4, 0.5) is 0 Å². The maximum absolute atomic E-state index is 5.88. The first-order chi connectivity index (χ1) is 7.33. The fourth-order valence-corrected chi connectivity index (χ4v) is 2.29. The zero-order valence-electron chi connectivity index (χ0n) is 7.59. The van der Waals surface area contributed by atoms with Crippen LogP contribution < -0.4 is 0 Å². The Balaban J connectivity index is 2.18. The van der Waals surface area contributed by atoms with E-state index in [2.05, 4.69) is 10.1 Å². The van der Waals surface area contributed by atoms with Crippen LogP contribution in [-0.2, 0) is 0 Å². The van der Waals surface area contributed by atoms with Crippen LogP contribution in [0.3, 0.4) is 0 Å². The zero-order chi connectivity index (χ0) is 10.3. The molecule has 3 aromatic heterocycles. The summed E-state index contributed by atoms with van der Waals surface area (Å²) < 4.78 is 2.51. The molecule has 0 aromatic carbocycles. The summed E-state index contributed by atoms with van der Waals surface area (Å²) >= 11 is 7.39. The second-order valence-corrected chi connectivity index (χ2v) is 4.63. The van der Waals surface area contributed by atoms with Crippen LogP contribution in [0.15, 0.2) is 36.0 Å². The summed E-state index contributed by atoms with van der Waals surface area (Å²) in [7, 11) is 0. The van der Waals surface area contributed by atoms with E-state index >= 15 is 0 Å². The highest BCUT2D eigenvalue weighted by Gasteiger charge is 2.03. The Morgan fingerprint density at radius 3 is 3.07 bits per heavy atom. The second kappa shape index (κ2) is 3.32. The van der Waals surface area contributed by atoms with Gasteiger partial charge in [0.2, 0.25) is 0 Å². The van der Waals surface area contributed by atoms with E-state index in [-0.39, 0.29) is 0 Å². The second-order valence-electron chi connectivity index (χ2n) is 3.09. The minimum atomic E-state index is 0.778. The average molecular weight is 236 g/mol. The summed E-state index contributed by atoms with van der Waals surface area (Å²) in [4.78, 5) is 4.47. The SMILES string of the molecule is Clc1cc(-c2ccn3nccc3n2)cs1. The topological polar surface area (TPSA) is 30.2 Å². The van der Waals surface area contributed by atoms with Gasteiger partial charge in [0.1, 0.15) is 0 Å². The van der Waals surface area contributed by atoms with Gasteiger partial charge in [-0.05, 0) is 12.1 Å². The van der Waals surface area contributed by atoms with Crippen LogP contribution in [0, 0.1) is 0 Å². The maximum Gasteiger partial charge on any atom is 0.155 e. The Bertz CT molecular complexity index is 614. The molecule has 3 heterocycles. The van der Waals surface area contributed by atoms with Gasteiger partial charge in [-0.1, -0.05) is 11.6 Å². The highest BCUT2D eigenvalue weighted by Crippen LogP contribution is 2.27. The molecule has 3 rings (SSSR count). The van der Waals surface area contributed by atoms with Gasteiger partial charge in [-0.3, -0.25) is 0 Å². The molecule has 0 unspecified atom stereocenters. The quantitative estimate of drug-likeness (QED) is 0.649. The number of nitrogens with zero attached hydrogens (tertiary/aromatic N) is 3. The molecule has 0 N–H and O–H groups in total. The molecule has 0 aliphatic heterocycles. The summed E-state index contributed by atoms with van der Waals surface area (Å²) in [6.45, 7) is 0. The minimum Gasteiger partial charge on any atom is -0.229 e. The Hall–Kier alpha value is -1.39. The number of hydrogen-bond donors (Lipinski definition) is 0. The Labute approximate surface area is 95.0 Å². The molecule has 0 saturated heterocycles. The number of thiophene rings is 1. The van der Waals surface area contributed by atoms with Crippen LogP contribution in [0.1, 0.15) is 0 Å². The molecular weight excluding hydrogens is 230 g/mol. The molecule has 5 heteroatoms. The van der Waals surface area contributed by atoms with Crippen molar-refractivity contribution in [2.75, 3.05) is 0 Å². The van der Waals surface area contributed by atoms with Gasteiger partial charge in [-0.15, -0.1) is 11.3 Å². The molecule has 0 spiro atoms. The monoisotopic (exact) mass is 235 g/mol. The van der Waals surface area contributed by atoms with Gasteiger partial charge in [0.15, 0.2) is 5.65 Å². The van der Waals surface area contributed by atoms with Crippen LogP contribution >= 0.6 is 22.9 Å². The third kappa shape index (κ3) is 1.52. The largest absolute Gasteiger partial charge is 0.229 e. The van der Waals surface area contributed by atoms with Crippen molar-refractivity contribution < 1.29 is 0 Å². The third-order valence-corrected chi connectivity index (χ3v) is 3.21. The molecule has 15 heavy (non-hydrogen) atoms. The van der Waals surface area contributed by atoms with Gasteiger partial charge in [-0.25, -0.2) is 9.50 Å². The van der Waals surface area contributed by atoms with E-state index in [0.29, 0.717) is 0 Å². The maximum atomic E-state index is 5.88. The van der Waals surface area contributed by atoms with Crippen molar-refractivity contribution >= 4 is 28.6 Å². The predicted octanol–water partition coefficient (Wildman–Crippen LogP) is 3.11. The molecule has 0 aliphatic rings. The smallest absolute Gasteiger partial charge is 0.155 e. The Morgan fingerprint density at radius 1 is 1.33 bits per heavy atom. The third-order valence-electron chi connectivity index (χ3n) is 2.12. The molecule has 0 saturated carbocycles. The number of rotatable bonds is 1. The standard InChI is InChI=1S/C10H6ClN3S/c11-9-5-7(6-15-9)8-2-4-14-10(13-8)1-3-12-14/h1-6H. The lowest BCUT2D eigenvalue weighted by atomic mass is 10.2. The van der Waals surface area contributed by atoms with Crippen LogP contribution in [0.25, 0.3) is 16.9 Å². The number of halogens is 1. The first-order valence-electron chi connectivity index (χ1n) is 4.38. The summed E-state index contributed by atoms with van der Waals surface area (Å²) in [5.41, 5.74) is 2.81. The highest BCUT2D eigenvalue weighted by atomic mass is 35.5. The van der Waals surface area contributed by atoms with Crippen molar-refractivity contribution in [3.05, 3.63) is 40.3 Å². The van der Waals surface area contributed by atoms with Gasteiger partial charge < -0.3 is 0 Å². The summed E-state index contributed by atoms with van der Waals surface area (Å²) in [5, 5.41) is 6.09. The summed E-state index contributed by atoms with van der Waals surface area (Å²) in [6, 6.07) is 5.72. The van der Waals surface area contributed by atoms with E-state index in [4.69, 9.17) is 11.6 Å². The first-order valence-corrected chi connectivity index (χ1v) is 5.63. The Kier molecular flexibility index (Phi) is 1.97. The van der Waals surface area contributed by atoms with Crippen molar-refractivity contribution in [2.45, 2.75) is 0 Å². The van der Waals surface area contributed by atoms with Gasteiger partial charge in [0.05, 0.1) is 16.2 Å². The minimum absolute atomic E-state index is 0.778. The van der Waals surface area contributed by atoms with Crippen molar-refractivity contribution in [3.8, 4) is 11.3 Å². The van der Waals surface area contributed by atoms with E-state index in [1.165, 1.54) is 11.3 Å². The number of aromatic nitrogens is 3. The van der Waals surface area contributed by atoms with E-state index in [1.807, 2.05) is 29.8 Å². The first kappa shape index (κ1) is 8.88. The molecule has 74 valence electrons. The van der Waals surface area contributed by atoms with Gasteiger partial charge in [0.25, 0.3) is 0 Å². The van der Waals surface area contributed by atoms with Crippen molar-refractivity contribution in [2.24, 2.45) is 0 Å². The van der Waals surface area contributed by atoms with Gasteiger partial charge >= 0.3 is 0 Å². The normalized spacial score (nSPS) is 11.0. The number of fused-ring (bicyclic) bond motifs is 1. The van der Waals surface area contributed by atoms with Crippen LogP contribution in [0.2, 0.25) is 4.34 Å². The van der Waals surface area contributed by atoms with Crippen molar-refractivity contribution in [3.63, 3.8) is 0 Å². The Morgan fingerprint density at radius 2 is 2.27 bits per heavy atom.